The quantitative estimate of drug-likeness (QED) is 0.201. The standard InChI is InChI=1S/C7H7F5O5S.Li/c1-3(2)4(13)17-5(6(8,9)10)7(11,12)18(14,15)16;/h5H,1H2,2H3,(H,14,15,16);/q;+1/p-1. The van der Waals surface area contributed by atoms with E-state index in [9.17, 15) is 39.7 Å². The molecule has 0 saturated carbocycles. The topological polar surface area (TPSA) is 83.5 Å². The molecule has 0 aliphatic carbocycles. The zero-order chi connectivity index (χ0) is 14.9. The molecular weight excluding hydrogens is 298 g/mol. The molecule has 0 aliphatic rings. The normalized spacial score (nSPS) is 14.3. The summed E-state index contributed by atoms with van der Waals surface area (Å²) in [4.78, 5) is 10.7. The Morgan fingerprint density at radius 2 is 1.63 bits per heavy atom. The smallest absolute Gasteiger partial charge is 0.743 e. The number of hydrogen-bond acceptors (Lipinski definition) is 5. The predicted molar refractivity (Wildman–Crippen MR) is 45.4 cm³/mol. The van der Waals surface area contributed by atoms with Gasteiger partial charge in [0.2, 0.25) is 0 Å². The summed E-state index contributed by atoms with van der Waals surface area (Å²) in [6.45, 7) is 3.67. The molecule has 0 bridgehead atoms. The van der Waals surface area contributed by atoms with Crippen LogP contribution in [0.1, 0.15) is 6.92 Å². The minimum atomic E-state index is -6.67. The van der Waals surface area contributed by atoms with Crippen LogP contribution in [0.2, 0.25) is 0 Å². The van der Waals surface area contributed by atoms with Gasteiger partial charge in [-0.2, -0.15) is 22.0 Å². The molecule has 0 spiro atoms. The Labute approximate surface area is 116 Å². The molecular formula is C7H6F5LiO5S. The number of carbonyl (C=O) groups excluding carboxylic acids is 1. The molecule has 0 saturated heterocycles. The molecule has 5 nitrogen and oxygen atoms in total. The summed E-state index contributed by atoms with van der Waals surface area (Å²) in [5.74, 6) is -1.90. The van der Waals surface area contributed by atoms with Gasteiger partial charge in [0.05, 0.1) is 0 Å². The van der Waals surface area contributed by atoms with Gasteiger partial charge in [0.15, 0.2) is 10.1 Å². The summed E-state index contributed by atoms with van der Waals surface area (Å²) in [7, 11) is -6.67. The van der Waals surface area contributed by atoms with Crippen LogP contribution in [-0.2, 0) is 19.6 Å². The number of alkyl halides is 5. The van der Waals surface area contributed by atoms with Crippen LogP contribution >= 0.6 is 0 Å². The summed E-state index contributed by atoms with van der Waals surface area (Å²) in [5, 5.41) is -5.84. The molecule has 1 unspecified atom stereocenters. The largest absolute Gasteiger partial charge is 1.00 e. The molecule has 12 heteroatoms. The first kappa shape index (κ1) is 20.7. The zero-order valence-electron chi connectivity index (χ0n) is 9.62. The molecule has 0 aromatic carbocycles. The molecule has 0 N–H and O–H groups in total. The molecule has 0 aromatic heterocycles. The molecule has 0 radical (unpaired) electrons. The maximum absolute atomic E-state index is 12.8. The van der Waals surface area contributed by atoms with Crippen molar-refractivity contribution >= 4 is 16.1 Å². The van der Waals surface area contributed by atoms with Crippen molar-refractivity contribution < 1.29 is 63.3 Å². The molecule has 0 aromatic rings. The monoisotopic (exact) mass is 304 g/mol. The Hall–Kier alpha value is -0.633. The van der Waals surface area contributed by atoms with Gasteiger partial charge >= 0.3 is 36.3 Å². The number of ether oxygens (including phenoxy) is 1. The van der Waals surface area contributed by atoms with Gasteiger partial charge in [-0.3, -0.25) is 0 Å². The van der Waals surface area contributed by atoms with Crippen LogP contribution in [0, 0.1) is 0 Å². The molecule has 19 heavy (non-hydrogen) atoms. The second-order valence-corrected chi connectivity index (χ2v) is 4.58. The first-order valence-electron chi connectivity index (χ1n) is 3.97. The molecule has 0 heterocycles. The third kappa shape index (κ3) is 5.10. The van der Waals surface area contributed by atoms with E-state index in [1.54, 1.807) is 0 Å². The second kappa shape index (κ2) is 6.21. The van der Waals surface area contributed by atoms with Gasteiger partial charge < -0.3 is 9.29 Å². The van der Waals surface area contributed by atoms with Crippen molar-refractivity contribution in [2.75, 3.05) is 0 Å². The number of halogens is 5. The van der Waals surface area contributed by atoms with Crippen LogP contribution in [0.25, 0.3) is 0 Å². The predicted octanol–water partition coefficient (Wildman–Crippen LogP) is -1.82. The minimum Gasteiger partial charge on any atom is -0.743 e. The molecule has 0 amide bonds. The number of esters is 1. The van der Waals surface area contributed by atoms with Gasteiger partial charge in [0, 0.05) is 5.57 Å². The Morgan fingerprint density at radius 3 is 1.84 bits per heavy atom. The number of carbonyl (C=O) groups is 1. The van der Waals surface area contributed by atoms with Gasteiger partial charge in [-0.1, -0.05) is 6.58 Å². The third-order valence-electron chi connectivity index (χ3n) is 1.51. The minimum absolute atomic E-state index is 0. The average molecular weight is 304 g/mol. The third-order valence-corrected chi connectivity index (χ3v) is 2.39. The van der Waals surface area contributed by atoms with E-state index in [0.29, 0.717) is 0 Å². The maximum atomic E-state index is 12.8. The first-order chi connectivity index (χ1) is 7.71. The fourth-order valence-electron chi connectivity index (χ4n) is 0.665. The van der Waals surface area contributed by atoms with Crippen molar-refractivity contribution in [2.45, 2.75) is 24.5 Å². The van der Waals surface area contributed by atoms with E-state index in [2.05, 4.69) is 11.3 Å². The van der Waals surface area contributed by atoms with Crippen LogP contribution in [0.4, 0.5) is 22.0 Å². The molecule has 0 rings (SSSR count). The molecule has 1 atom stereocenters. The summed E-state index contributed by atoms with van der Waals surface area (Å²) in [6.07, 6.45) is -10.3. The van der Waals surface area contributed by atoms with Crippen LogP contribution < -0.4 is 18.9 Å². The van der Waals surface area contributed by atoms with Crippen molar-refractivity contribution in [1.29, 1.82) is 0 Å². The van der Waals surface area contributed by atoms with Gasteiger partial charge in [-0.05, 0) is 6.92 Å². The fraction of sp³-hybridized carbons (Fsp3) is 0.571. The van der Waals surface area contributed by atoms with Gasteiger partial charge in [-0.25, -0.2) is 13.2 Å². The van der Waals surface area contributed by atoms with E-state index < -0.39 is 39.2 Å². The van der Waals surface area contributed by atoms with Crippen molar-refractivity contribution in [3.05, 3.63) is 12.2 Å². The Bertz CT molecular complexity index is 457. The second-order valence-electron chi connectivity index (χ2n) is 3.12. The average Bonchev–Trinajstić information content (AvgIpc) is 2.09. The van der Waals surface area contributed by atoms with E-state index in [0.717, 1.165) is 6.92 Å². The van der Waals surface area contributed by atoms with Gasteiger partial charge in [0.1, 0.15) is 0 Å². The van der Waals surface area contributed by atoms with E-state index in [1.807, 2.05) is 0 Å². The van der Waals surface area contributed by atoms with E-state index in [4.69, 9.17) is 0 Å². The van der Waals surface area contributed by atoms with E-state index in [1.165, 1.54) is 0 Å². The SMILES string of the molecule is C=C(C)C(=O)OC(C(F)(F)F)C(F)(F)S(=O)(=O)[O-].[Li+]. The Morgan fingerprint density at radius 1 is 1.26 bits per heavy atom. The van der Waals surface area contributed by atoms with Crippen molar-refractivity contribution in [3.8, 4) is 0 Å². The van der Waals surface area contributed by atoms with Crippen LogP contribution in [0.15, 0.2) is 12.2 Å². The van der Waals surface area contributed by atoms with Crippen molar-refractivity contribution in [2.24, 2.45) is 0 Å². The zero-order valence-corrected chi connectivity index (χ0v) is 10.4. The van der Waals surface area contributed by atoms with Gasteiger partial charge in [0.25, 0.3) is 6.10 Å². The van der Waals surface area contributed by atoms with Gasteiger partial charge in [-0.15, -0.1) is 0 Å². The number of hydrogen-bond donors (Lipinski definition) is 0. The summed E-state index contributed by atoms with van der Waals surface area (Å²) in [5.41, 5.74) is -0.677. The van der Waals surface area contributed by atoms with Crippen molar-refractivity contribution in [1.82, 2.24) is 0 Å². The van der Waals surface area contributed by atoms with E-state index in [-0.39, 0.29) is 18.9 Å². The molecule has 0 aliphatic heterocycles. The summed E-state index contributed by atoms with van der Waals surface area (Å²) in [6, 6.07) is 0. The number of rotatable bonds is 4. The maximum Gasteiger partial charge on any atom is 1.00 e. The molecule has 106 valence electrons. The Kier molecular flexibility index (Phi) is 6.76. The van der Waals surface area contributed by atoms with E-state index >= 15 is 0 Å². The van der Waals surface area contributed by atoms with Crippen molar-refractivity contribution in [3.63, 3.8) is 0 Å². The Balaban J connectivity index is 0. The summed E-state index contributed by atoms with van der Waals surface area (Å²) >= 11 is 0. The summed E-state index contributed by atoms with van der Waals surface area (Å²) < 4.78 is 95.6. The first-order valence-corrected chi connectivity index (χ1v) is 5.38. The van der Waals surface area contributed by atoms with Crippen LogP contribution in [-0.4, -0.2) is 36.5 Å². The van der Waals surface area contributed by atoms with Crippen LogP contribution in [0.3, 0.4) is 0 Å². The fourth-order valence-corrected chi connectivity index (χ4v) is 1.11. The molecule has 0 fully saturated rings. The van der Waals surface area contributed by atoms with Crippen LogP contribution in [0.5, 0.6) is 0 Å².